The van der Waals surface area contributed by atoms with E-state index >= 15 is 0 Å². The lowest BCUT2D eigenvalue weighted by molar-refractivity contribution is -0.0516. The summed E-state index contributed by atoms with van der Waals surface area (Å²) in [6.07, 6.45) is 2.14. The van der Waals surface area contributed by atoms with Crippen molar-refractivity contribution < 1.29 is 28.2 Å². The first-order chi connectivity index (χ1) is 8.56. The van der Waals surface area contributed by atoms with E-state index in [1.807, 2.05) is 0 Å². The number of carboxylic acid groups (broad SMARTS) is 1. The number of alkyl halides is 2. The number of ether oxygens (including phenoxy) is 2. The summed E-state index contributed by atoms with van der Waals surface area (Å²) in [5.41, 5.74) is -0.121. The highest BCUT2D eigenvalue weighted by atomic mass is 19.3. The Morgan fingerprint density at radius 2 is 2.11 bits per heavy atom. The minimum Gasteiger partial charge on any atom is -0.489 e. The van der Waals surface area contributed by atoms with Crippen LogP contribution in [-0.4, -0.2) is 24.3 Å². The molecule has 1 N–H and O–H groups in total. The van der Waals surface area contributed by atoms with E-state index in [0.29, 0.717) is 12.5 Å². The normalized spacial score (nSPS) is 14.6. The largest absolute Gasteiger partial charge is 0.489 e. The van der Waals surface area contributed by atoms with Crippen molar-refractivity contribution in [3.05, 3.63) is 23.8 Å². The van der Waals surface area contributed by atoms with E-state index in [2.05, 4.69) is 4.74 Å². The summed E-state index contributed by atoms with van der Waals surface area (Å²) in [6, 6.07) is 3.67. The van der Waals surface area contributed by atoms with E-state index < -0.39 is 12.6 Å². The molecule has 18 heavy (non-hydrogen) atoms. The average Bonchev–Trinajstić information content (AvgIpc) is 3.10. The van der Waals surface area contributed by atoms with Gasteiger partial charge < -0.3 is 14.6 Å². The number of hydrogen-bond donors (Lipinski definition) is 1. The van der Waals surface area contributed by atoms with Gasteiger partial charge in [0.05, 0.1) is 12.2 Å². The molecule has 0 saturated heterocycles. The molecule has 0 amide bonds. The van der Waals surface area contributed by atoms with Crippen LogP contribution in [0.5, 0.6) is 11.5 Å². The third-order valence-corrected chi connectivity index (χ3v) is 2.58. The van der Waals surface area contributed by atoms with Crippen LogP contribution in [0, 0.1) is 5.92 Å². The topological polar surface area (TPSA) is 55.8 Å². The van der Waals surface area contributed by atoms with Gasteiger partial charge in [-0.1, -0.05) is 0 Å². The van der Waals surface area contributed by atoms with Crippen LogP contribution in [0.15, 0.2) is 18.2 Å². The molecule has 0 spiro atoms. The zero-order valence-corrected chi connectivity index (χ0v) is 9.44. The van der Waals surface area contributed by atoms with Crippen LogP contribution in [0.2, 0.25) is 0 Å². The van der Waals surface area contributed by atoms with E-state index in [1.165, 1.54) is 12.1 Å². The van der Waals surface area contributed by atoms with Crippen molar-refractivity contribution in [1.82, 2.24) is 0 Å². The van der Waals surface area contributed by atoms with Crippen LogP contribution in [0.1, 0.15) is 23.2 Å². The van der Waals surface area contributed by atoms with Crippen molar-refractivity contribution in [3.63, 3.8) is 0 Å². The maximum atomic E-state index is 12.2. The number of carbonyl (C=O) groups is 1. The van der Waals surface area contributed by atoms with Crippen molar-refractivity contribution in [1.29, 1.82) is 0 Å². The third kappa shape index (κ3) is 3.32. The highest BCUT2D eigenvalue weighted by Crippen LogP contribution is 2.34. The highest BCUT2D eigenvalue weighted by Gasteiger charge is 2.23. The zero-order chi connectivity index (χ0) is 13.1. The molecule has 0 heterocycles. The first-order valence-electron chi connectivity index (χ1n) is 5.51. The number of rotatable bonds is 6. The smallest absolute Gasteiger partial charge is 0.387 e. The minimum atomic E-state index is -3.02. The predicted octanol–water partition coefficient (Wildman–Crippen LogP) is 2.78. The van der Waals surface area contributed by atoms with E-state index in [-0.39, 0.29) is 17.1 Å². The first kappa shape index (κ1) is 12.6. The van der Waals surface area contributed by atoms with Crippen LogP contribution in [0.3, 0.4) is 0 Å². The molecule has 1 fully saturated rings. The average molecular weight is 258 g/mol. The summed E-state index contributed by atoms with van der Waals surface area (Å²) in [6.45, 7) is -2.58. The predicted molar refractivity (Wildman–Crippen MR) is 58.3 cm³/mol. The second kappa shape index (κ2) is 5.20. The Hall–Kier alpha value is -1.85. The molecule has 0 bridgehead atoms. The fraction of sp³-hybridized carbons (Fsp3) is 0.417. The van der Waals surface area contributed by atoms with Crippen LogP contribution >= 0.6 is 0 Å². The van der Waals surface area contributed by atoms with Crippen LogP contribution in [0.25, 0.3) is 0 Å². The van der Waals surface area contributed by atoms with Gasteiger partial charge >= 0.3 is 12.6 Å². The van der Waals surface area contributed by atoms with Gasteiger partial charge in [0.25, 0.3) is 0 Å². The third-order valence-electron chi connectivity index (χ3n) is 2.58. The quantitative estimate of drug-likeness (QED) is 0.852. The molecule has 6 heteroatoms. The Labute approximate surface area is 102 Å². The zero-order valence-electron chi connectivity index (χ0n) is 9.44. The summed E-state index contributed by atoms with van der Waals surface area (Å²) >= 11 is 0. The Kier molecular flexibility index (Phi) is 3.64. The van der Waals surface area contributed by atoms with E-state index in [1.54, 1.807) is 0 Å². The summed E-state index contributed by atoms with van der Waals surface area (Å²) in [5, 5.41) is 8.78. The molecular formula is C12H12F2O4. The van der Waals surface area contributed by atoms with Crippen molar-refractivity contribution >= 4 is 5.97 Å². The molecule has 0 atom stereocenters. The van der Waals surface area contributed by atoms with Gasteiger partial charge in [-0.3, -0.25) is 0 Å². The van der Waals surface area contributed by atoms with Gasteiger partial charge in [0.1, 0.15) is 0 Å². The molecule has 0 radical (unpaired) electrons. The molecule has 1 aromatic carbocycles. The van der Waals surface area contributed by atoms with E-state index in [9.17, 15) is 13.6 Å². The lowest BCUT2D eigenvalue weighted by atomic mass is 10.2. The molecule has 2 rings (SSSR count). The lowest BCUT2D eigenvalue weighted by Gasteiger charge is -2.12. The molecule has 4 nitrogen and oxygen atoms in total. The standard InChI is InChI=1S/C12H12F2O4/c13-12(14)18-10-5-8(11(15)16)3-4-9(10)17-6-7-1-2-7/h3-5,7,12H,1-2,6H2,(H,15,16). The van der Waals surface area contributed by atoms with E-state index in [0.717, 1.165) is 18.9 Å². The molecule has 0 aromatic heterocycles. The number of carboxylic acids is 1. The monoisotopic (exact) mass is 258 g/mol. The maximum absolute atomic E-state index is 12.2. The van der Waals surface area contributed by atoms with Crippen LogP contribution in [-0.2, 0) is 0 Å². The first-order valence-corrected chi connectivity index (χ1v) is 5.51. The second-order valence-corrected chi connectivity index (χ2v) is 4.10. The number of hydrogen-bond acceptors (Lipinski definition) is 3. The Morgan fingerprint density at radius 1 is 1.39 bits per heavy atom. The summed E-state index contributed by atoms with van der Waals surface area (Å²) < 4.78 is 34.1. The highest BCUT2D eigenvalue weighted by molar-refractivity contribution is 5.88. The van der Waals surface area contributed by atoms with Gasteiger partial charge in [0.15, 0.2) is 11.5 Å². The SMILES string of the molecule is O=C(O)c1ccc(OCC2CC2)c(OC(F)F)c1. The Bertz CT molecular complexity index is 444. The van der Waals surface area contributed by atoms with E-state index in [4.69, 9.17) is 9.84 Å². The lowest BCUT2D eigenvalue weighted by Crippen LogP contribution is -2.07. The maximum Gasteiger partial charge on any atom is 0.387 e. The molecule has 1 saturated carbocycles. The number of halogens is 2. The van der Waals surface area contributed by atoms with Gasteiger partial charge in [-0.25, -0.2) is 4.79 Å². The molecular weight excluding hydrogens is 246 g/mol. The second-order valence-electron chi connectivity index (χ2n) is 4.10. The van der Waals surface area contributed by atoms with Crippen molar-refractivity contribution in [2.75, 3.05) is 6.61 Å². The van der Waals surface area contributed by atoms with Crippen LogP contribution in [0.4, 0.5) is 8.78 Å². The molecule has 0 aliphatic heterocycles. The summed E-state index contributed by atoms with van der Waals surface area (Å²) in [4.78, 5) is 10.7. The van der Waals surface area contributed by atoms with Gasteiger partial charge in [0, 0.05) is 0 Å². The molecule has 98 valence electrons. The van der Waals surface area contributed by atoms with Gasteiger partial charge in [0.2, 0.25) is 0 Å². The summed E-state index contributed by atoms with van der Waals surface area (Å²) in [5.74, 6) is -0.843. The van der Waals surface area contributed by atoms with Gasteiger partial charge in [-0.05, 0) is 37.0 Å². The van der Waals surface area contributed by atoms with Crippen molar-refractivity contribution in [3.8, 4) is 11.5 Å². The minimum absolute atomic E-state index is 0.121. The fourth-order valence-corrected chi connectivity index (χ4v) is 1.44. The molecule has 1 aromatic rings. The number of benzene rings is 1. The van der Waals surface area contributed by atoms with Gasteiger partial charge in [-0.2, -0.15) is 8.78 Å². The molecule has 0 unspecified atom stereocenters. The van der Waals surface area contributed by atoms with Crippen molar-refractivity contribution in [2.45, 2.75) is 19.5 Å². The Morgan fingerprint density at radius 3 is 2.67 bits per heavy atom. The summed E-state index contributed by atoms with van der Waals surface area (Å²) in [7, 11) is 0. The van der Waals surface area contributed by atoms with Crippen LogP contribution < -0.4 is 9.47 Å². The molecule has 1 aliphatic rings. The molecule has 1 aliphatic carbocycles. The Balaban J connectivity index is 2.16. The fourth-order valence-electron chi connectivity index (χ4n) is 1.44. The van der Waals surface area contributed by atoms with Crippen molar-refractivity contribution in [2.24, 2.45) is 5.92 Å². The number of aromatic carboxylic acids is 1. The van der Waals surface area contributed by atoms with Gasteiger partial charge in [-0.15, -0.1) is 0 Å².